The van der Waals surface area contributed by atoms with Crippen molar-refractivity contribution < 1.29 is 9.84 Å². The highest BCUT2D eigenvalue weighted by Gasteiger charge is 2.19. The molecule has 0 spiro atoms. The minimum Gasteiger partial charge on any atom is -0.494 e. The summed E-state index contributed by atoms with van der Waals surface area (Å²) < 4.78 is 5.54. The Morgan fingerprint density at radius 1 is 1.18 bits per heavy atom. The molecule has 0 bridgehead atoms. The number of fused-ring (bicyclic) bond motifs is 1. The van der Waals surface area contributed by atoms with Gasteiger partial charge in [-0.3, -0.25) is 5.41 Å². The molecule has 2 aromatic carbocycles. The first kappa shape index (κ1) is 19.6. The number of benzene rings is 2. The van der Waals surface area contributed by atoms with E-state index >= 15 is 0 Å². The van der Waals surface area contributed by atoms with E-state index in [1.807, 2.05) is 43.3 Å². The molecule has 5 N–H and O–H groups in total. The van der Waals surface area contributed by atoms with Crippen LogP contribution in [0.5, 0.6) is 5.75 Å². The number of nitrogens with two attached hydrogens (primary N) is 1. The van der Waals surface area contributed by atoms with Crippen molar-refractivity contribution in [3.8, 4) is 5.75 Å². The molecule has 1 heterocycles. The summed E-state index contributed by atoms with van der Waals surface area (Å²) in [5.41, 5.74) is 6.45. The maximum absolute atomic E-state index is 9.97. The first-order chi connectivity index (χ1) is 13.3. The van der Waals surface area contributed by atoms with E-state index in [0.717, 1.165) is 16.5 Å². The maximum Gasteiger partial charge on any atom is 0.141 e. The van der Waals surface area contributed by atoms with Gasteiger partial charge in [-0.05, 0) is 49.7 Å². The van der Waals surface area contributed by atoms with E-state index < -0.39 is 5.60 Å². The van der Waals surface area contributed by atoms with Gasteiger partial charge >= 0.3 is 0 Å². The van der Waals surface area contributed by atoms with Crippen molar-refractivity contribution in [2.24, 2.45) is 0 Å². The van der Waals surface area contributed by atoms with Crippen molar-refractivity contribution in [3.63, 3.8) is 0 Å². The SMILES string of the molecule is CCOc1ccc2cc(C(=N)c3c(N)ncnc3NCC(C)(C)O)ccc2c1. The van der Waals surface area contributed by atoms with Gasteiger partial charge in [0.1, 0.15) is 23.7 Å². The summed E-state index contributed by atoms with van der Waals surface area (Å²) in [6, 6.07) is 11.6. The fourth-order valence-corrected chi connectivity index (χ4v) is 2.86. The minimum atomic E-state index is -0.930. The van der Waals surface area contributed by atoms with Gasteiger partial charge in [0.2, 0.25) is 0 Å². The Bertz CT molecular complexity index is 1010. The van der Waals surface area contributed by atoms with Gasteiger partial charge in [0.05, 0.1) is 23.5 Å². The molecule has 0 fully saturated rings. The van der Waals surface area contributed by atoms with E-state index in [0.29, 0.717) is 23.6 Å². The van der Waals surface area contributed by atoms with Crippen LogP contribution in [0.1, 0.15) is 31.9 Å². The van der Waals surface area contributed by atoms with Crippen molar-refractivity contribution in [2.45, 2.75) is 26.4 Å². The van der Waals surface area contributed by atoms with Crippen LogP contribution in [0.2, 0.25) is 0 Å². The molecule has 28 heavy (non-hydrogen) atoms. The second kappa shape index (κ2) is 7.82. The lowest BCUT2D eigenvalue weighted by Gasteiger charge is -2.20. The lowest BCUT2D eigenvalue weighted by atomic mass is 9.99. The van der Waals surface area contributed by atoms with Gasteiger partial charge in [0.15, 0.2) is 0 Å². The molecule has 0 aliphatic heterocycles. The van der Waals surface area contributed by atoms with E-state index in [4.69, 9.17) is 15.9 Å². The Balaban J connectivity index is 1.96. The standard InChI is InChI=1S/C21H25N5O2/c1-4-28-16-8-7-13-9-15(6-5-14(13)10-16)18(22)17-19(23)25-12-26-20(17)24-11-21(2,3)27/h5-10,12,22,27H,4,11H2,1-3H3,(H3,23,24,25,26). The van der Waals surface area contributed by atoms with Gasteiger partial charge in [-0.25, -0.2) is 9.97 Å². The number of ether oxygens (including phenoxy) is 1. The zero-order chi connectivity index (χ0) is 20.3. The predicted molar refractivity (Wildman–Crippen MR) is 112 cm³/mol. The largest absolute Gasteiger partial charge is 0.494 e. The van der Waals surface area contributed by atoms with Crippen LogP contribution in [0.3, 0.4) is 0 Å². The van der Waals surface area contributed by atoms with Crippen molar-refractivity contribution in [1.29, 1.82) is 5.41 Å². The van der Waals surface area contributed by atoms with E-state index in [2.05, 4.69) is 15.3 Å². The molecular weight excluding hydrogens is 354 g/mol. The highest BCUT2D eigenvalue weighted by atomic mass is 16.5. The normalized spacial score (nSPS) is 11.4. The quantitative estimate of drug-likeness (QED) is 0.468. The summed E-state index contributed by atoms with van der Waals surface area (Å²) in [7, 11) is 0. The molecule has 7 heteroatoms. The Kier molecular flexibility index (Phi) is 5.46. The zero-order valence-corrected chi connectivity index (χ0v) is 16.3. The van der Waals surface area contributed by atoms with E-state index in [9.17, 15) is 5.11 Å². The first-order valence-corrected chi connectivity index (χ1v) is 9.11. The van der Waals surface area contributed by atoms with Crippen molar-refractivity contribution in [1.82, 2.24) is 9.97 Å². The second-order valence-electron chi connectivity index (χ2n) is 7.18. The third kappa shape index (κ3) is 4.37. The number of hydrogen-bond acceptors (Lipinski definition) is 7. The van der Waals surface area contributed by atoms with Gasteiger partial charge < -0.3 is 20.9 Å². The smallest absolute Gasteiger partial charge is 0.141 e. The van der Waals surface area contributed by atoms with Crippen LogP contribution >= 0.6 is 0 Å². The number of aliphatic hydroxyl groups is 1. The number of nitrogens with one attached hydrogen (secondary N) is 2. The molecule has 3 rings (SSSR count). The summed E-state index contributed by atoms with van der Waals surface area (Å²) in [5.74, 6) is 1.45. The highest BCUT2D eigenvalue weighted by molar-refractivity contribution is 6.17. The van der Waals surface area contributed by atoms with Gasteiger partial charge in [0.25, 0.3) is 0 Å². The molecule has 3 aromatic rings. The number of aromatic nitrogens is 2. The monoisotopic (exact) mass is 379 g/mol. The Hall–Kier alpha value is -3.19. The fraction of sp³-hybridized carbons (Fsp3) is 0.286. The molecule has 146 valence electrons. The Morgan fingerprint density at radius 2 is 1.89 bits per heavy atom. The molecule has 0 amide bonds. The van der Waals surface area contributed by atoms with Gasteiger partial charge in [0, 0.05) is 12.1 Å². The first-order valence-electron chi connectivity index (χ1n) is 9.11. The molecule has 0 unspecified atom stereocenters. The Morgan fingerprint density at radius 3 is 2.61 bits per heavy atom. The summed E-state index contributed by atoms with van der Waals surface area (Å²) >= 11 is 0. The predicted octanol–water partition coefficient (Wildman–Crippen LogP) is 3.21. The average molecular weight is 379 g/mol. The lowest BCUT2D eigenvalue weighted by Crippen LogP contribution is -2.30. The molecule has 0 radical (unpaired) electrons. The topological polar surface area (TPSA) is 117 Å². The van der Waals surface area contributed by atoms with Crippen LogP contribution in [0.4, 0.5) is 11.6 Å². The molecule has 1 aromatic heterocycles. The Labute approximate surface area is 164 Å². The summed E-state index contributed by atoms with van der Waals surface area (Å²) in [6.45, 7) is 6.21. The van der Waals surface area contributed by atoms with Crippen LogP contribution in [-0.2, 0) is 0 Å². The number of hydrogen-bond donors (Lipinski definition) is 4. The number of nitrogen functional groups attached to an aromatic ring is 1. The third-order valence-electron chi connectivity index (χ3n) is 4.23. The summed E-state index contributed by atoms with van der Waals surface area (Å²) in [6.07, 6.45) is 1.34. The number of nitrogens with zero attached hydrogens (tertiary/aromatic N) is 2. The lowest BCUT2D eigenvalue weighted by molar-refractivity contribution is 0.0944. The highest BCUT2D eigenvalue weighted by Crippen LogP contribution is 2.26. The van der Waals surface area contributed by atoms with Crippen molar-refractivity contribution in [3.05, 3.63) is 53.9 Å². The summed E-state index contributed by atoms with van der Waals surface area (Å²) in [4.78, 5) is 8.24. The second-order valence-corrected chi connectivity index (χ2v) is 7.18. The molecule has 0 aliphatic rings. The molecule has 0 aliphatic carbocycles. The maximum atomic E-state index is 9.97. The minimum absolute atomic E-state index is 0.213. The third-order valence-corrected chi connectivity index (χ3v) is 4.23. The number of anilines is 2. The molecule has 0 atom stereocenters. The van der Waals surface area contributed by atoms with Crippen LogP contribution in [0.25, 0.3) is 10.8 Å². The zero-order valence-electron chi connectivity index (χ0n) is 16.3. The fourth-order valence-electron chi connectivity index (χ4n) is 2.86. The molecule has 7 nitrogen and oxygen atoms in total. The van der Waals surface area contributed by atoms with Crippen molar-refractivity contribution >= 4 is 28.1 Å². The van der Waals surface area contributed by atoms with Gasteiger partial charge in [-0.1, -0.05) is 18.2 Å². The van der Waals surface area contributed by atoms with Crippen LogP contribution in [0.15, 0.2) is 42.7 Å². The molecule has 0 saturated carbocycles. The van der Waals surface area contributed by atoms with E-state index in [1.165, 1.54) is 6.33 Å². The van der Waals surface area contributed by atoms with E-state index in [1.54, 1.807) is 13.8 Å². The van der Waals surface area contributed by atoms with Crippen LogP contribution in [-0.4, -0.2) is 39.5 Å². The van der Waals surface area contributed by atoms with Crippen LogP contribution in [0, 0.1) is 5.41 Å². The molecule has 0 saturated heterocycles. The summed E-state index contributed by atoms with van der Waals surface area (Å²) in [5, 5.41) is 23.7. The van der Waals surface area contributed by atoms with E-state index in [-0.39, 0.29) is 18.1 Å². The average Bonchev–Trinajstić information content (AvgIpc) is 2.65. The molecular formula is C21H25N5O2. The van der Waals surface area contributed by atoms with Crippen LogP contribution < -0.4 is 15.8 Å². The number of rotatable bonds is 7. The van der Waals surface area contributed by atoms with Gasteiger partial charge in [-0.2, -0.15) is 0 Å². The van der Waals surface area contributed by atoms with Crippen molar-refractivity contribution in [2.75, 3.05) is 24.2 Å². The van der Waals surface area contributed by atoms with Gasteiger partial charge in [-0.15, -0.1) is 0 Å².